The summed E-state index contributed by atoms with van der Waals surface area (Å²) in [5.74, 6) is 0.320. The van der Waals surface area contributed by atoms with Gasteiger partial charge >= 0.3 is 0 Å². The van der Waals surface area contributed by atoms with Gasteiger partial charge in [0.05, 0.1) is 0 Å². The van der Waals surface area contributed by atoms with Gasteiger partial charge in [-0.15, -0.1) is 24.8 Å². The van der Waals surface area contributed by atoms with E-state index in [1.165, 1.54) is 0 Å². The van der Waals surface area contributed by atoms with Gasteiger partial charge < -0.3 is 15.1 Å². The largest absolute Gasteiger partial charge is 0.340 e. The highest BCUT2D eigenvalue weighted by molar-refractivity contribution is 5.85. The van der Waals surface area contributed by atoms with Crippen LogP contribution in [0.3, 0.4) is 0 Å². The van der Waals surface area contributed by atoms with Crippen molar-refractivity contribution in [2.45, 2.75) is 19.8 Å². The Labute approximate surface area is 117 Å². The number of nitrogens with zero attached hydrogens (tertiary/aromatic N) is 2. The number of carbonyl (C=O) groups excluding carboxylic acids is 1. The molecule has 4 nitrogen and oxygen atoms in total. The molecule has 1 fully saturated rings. The summed E-state index contributed by atoms with van der Waals surface area (Å²) in [4.78, 5) is 16.1. The van der Waals surface area contributed by atoms with Gasteiger partial charge in [0.1, 0.15) is 0 Å². The third-order valence-electron chi connectivity index (χ3n) is 2.99. The van der Waals surface area contributed by atoms with Crippen LogP contribution in [0.15, 0.2) is 0 Å². The normalized spacial score (nSPS) is 16.0. The van der Waals surface area contributed by atoms with Gasteiger partial charge in [0, 0.05) is 32.6 Å². The molecular weight excluding hydrogens is 261 g/mol. The summed E-state index contributed by atoms with van der Waals surface area (Å²) >= 11 is 0. The fourth-order valence-electron chi connectivity index (χ4n) is 1.89. The van der Waals surface area contributed by atoms with E-state index in [1.807, 2.05) is 11.9 Å². The maximum Gasteiger partial charge on any atom is 0.222 e. The number of nitrogens with one attached hydrogen (secondary N) is 1. The molecule has 1 aliphatic heterocycles. The molecule has 0 bridgehead atoms. The number of halogens is 2. The Hall–Kier alpha value is -0.0300. The second-order valence-electron chi connectivity index (χ2n) is 4.02. The van der Waals surface area contributed by atoms with Gasteiger partial charge in [-0.3, -0.25) is 4.79 Å². The molecule has 0 aromatic heterocycles. The number of hydrogen-bond acceptors (Lipinski definition) is 3. The fourth-order valence-corrected chi connectivity index (χ4v) is 1.89. The van der Waals surface area contributed by atoms with E-state index in [9.17, 15) is 4.79 Å². The maximum absolute atomic E-state index is 11.7. The van der Waals surface area contributed by atoms with Gasteiger partial charge in [0.2, 0.25) is 5.91 Å². The maximum atomic E-state index is 11.7. The third kappa shape index (κ3) is 7.09. The lowest BCUT2D eigenvalue weighted by Gasteiger charge is -2.34. The molecular formula is C11H25Cl2N3O. The van der Waals surface area contributed by atoms with Crippen LogP contribution in [0.5, 0.6) is 0 Å². The van der Waals surface area contributed by atoms with Crippen LogP contribution in [-0.2, 0) is 4.79 Å². The Morgan fingerprint density at radius 3 is 2.24 bits per heavy atom. The van der Waals surface area contributed by atoms with Crippen LogP contribution in [-0.4, -0.2) is 62.0 Å². The van der Waals surface area contributed by atoms with Gasteiger partial charge in [-0.25, -0.2) is 0 Å². The Morgan fingerprint density at radius 1 is 1.18 bits per heavy atom. The van der Waals surface area contributed by atoms with Crippen LogP contribution in [0.4, 0.5) is 0 Å². The summed E-state index contributed by atoms with van der Waals surface area (Å²) in [6.07, 6.45) is 1.64. The Kier molecular flexibility index (Phi) is 12.6. The minimum Gasteiger partial charge on any atom is -0.340 e. The van der Waals surface area contributed by atoms with Gasteiger partial charge in [0.25, 0.3) is 0 Å². The molecule has 6 heteroatoms. The molecule has 0 aliphatic carbocycles. The molecule has 17 heavy (non-hydrogen) atoms. The van der Waals surface area contributed by atoms with Crippen molar-refractivity contribution in [1.82, 2.24) is 15.1 Å². The summed E-state index contributed by atoms with van der Waals surface area (Å²) in [5.41, 5.74) is 0. The van der Waals surface area contributed by atoms with Crippen LogP contribution in [0.2, 0.25) is 0 Å². The zero-order chi connectivity index (χ0) is 11.1. The van der Waals surface area contributed by atoms with Crippen molar-refractivity contribution in [2.24, 2.45) is 0 Å². The van der Waals surface area contributed by atoms with E-state index >= 15 is 0 Å². The van der Waals surface area contributed by atoms with Gasteiger partial charge in [-0.05, 0) is 26.6 Å². The van der Waals surface area contributed by atoms with Gasteiger partial charge in [-0.1, -0.05) is 6.92 Å². The minimum absolute atomic E-state index is 0. The standard InChI is InChI=1S/C11H23N3O.2ClH/c1-3-13-7-9-14(10-8-13)11(15)5-4-6-12-2;;/h12H,3-10H2,1-2H3;2*1H. The summed E-state index contributed by atoms with van der Waals surface area (Å²) in [6, 6.07) is 0. The molecule has 1 saturated heterocycles. The van der Waals surface area contributed by atoms with Crippen molar-refractivity contribution >= 4 is 30.7 Å². The number of piperazine rings is 1. The molecule has 0 aromatic carbocycles. The lowest BCUT2D eigenvalue weighted by Crippen LogP contribution is -2.48. The van der Waals surface area contributed by atoms with Crippen LogP contribution in [0.25, 0.3) is 0 Å². The number of hydrogen-bond donors (Lipinski definition) is 1. The Bertz CT molecular complexity index is 197. The lowest BCUT2D eigenvalue weighted by molar-refractivity contribution is -0.133. The van der Waals surface area contributed by atoms with Crippen molar-refractivity contribution < 1.29 is 4.79 Å². The van der Waals surface area contributed by atoms with Crippen molar-refractivity contribution in [3.63, 3.8) is 0 Å². The van der Waals surface area contributed by atoms with E-state index in [0.29, 0.717) is 12.3 Å². The first-order chi connectivity index (χ1) is 7.27. The van der Waals surface area contributed by atoms with Crippen molar-refractivity contribution in [2.75, 3.05) is 46.3 Å². The molecule has 1 aliphatic rings. The second kappa shape index (κ2) is 11.1. The molecule has 0 aromatic rings. The number of likely N-dealkylation sites (N-methyl/N-ethyl adjacent to an activating group) is 1. The fraction of sp³-hybridized carbons (Fsp3) is 0.909. The molecule has 0 unspecified atom stereocenters. The number of rotatable bonds is 5. The van der Waals surface area contributed by atoms with E-state index in [1.54, 1.807) is 0 Å². The number of carbonyl (C=O) groups is 1. The second-order valence-corrected chi connectivity index (χ2v) is 4.02. The summed E-state index contributed by atoms with van der Waals surface area (Å²) in [6.45, 7) is 8.09. The highest BCUT2D eigenvalue weighted by atomic mass is 35.5. The monoisotopic (exact) mass is 285 g/mol. The predicted octanol–water partition coefficient (Wildman–Crippen LogP) is 0.994. The van der Waals surface area contributed by atoms with E-state index in [-0.39, 0.29) is 24.8 Å². The molecule has 104 valence electrons. The average Bonchev–Trinajstić information content (AvgIpc) is 2.29. The third-order valence-corrected chi connectivity index (χ3v) is 2.99. The molecule has 1 amide bonds. The molecule has 1 rings (SSSR count). The van der Waals surface area contributed by atoms with Crippen LogP contribution < -0.4 is 5.32 Å². The first-order valence-corrected chi connectivity index (χ1v) is 5.92. The average molecular weight is 286 g/mol. The van der Waals surface area contributed by atoms with E-state index in [0.717, 1.165) is 45.7 Å². The highest BCUT2D eigenvalue weighted by Crippen LogP contribution is 2.04. The molecule has 0 atom stereocenters. The quantitative estimate of drug-likeness (QED) is 0.766. The van der Waals surface area contributed by atoms with Crippen LogP contribution in [0, 0.1) is 0 Å². The topological polar surface area (TPSA) is 35.6 Å². The molecule has 1 heterocycles. The van der Waals surface area contributed by atoms with E-state index < -0.39 is 0 Å². The summed E-state index contributed by atoms with van der Waals surface area (Å²) in [7, 11) is 1.92. The van der Waals surface area contributed by atoms with Crippen LogP contribution in [0.1, 0.15) is 19.8 Å². The minimum atomic E-state index is 0. The SMILES string of the molecule is CCN1CCN(C(=O)CCCNC)CC1.Cl.Cl. The zero-order valence-corrected chi connectivity index (χ0v) is 12.4. The molecule has 0 saturated carbocycles. The van der Waals surface area contributed by atoms with Crippen molar-refractivity contribution in [3.8, 4) is 0 Å². The van der Waals surface area contributed by atoms with Gasteiger partial charge in [-0.2, -0.15) is 0 Å². The summed E-state index contributed by atoms with van der Waals surface area (Å²) < 4.78 is 0. The van der Waals surface area contributed by atoms with Crippen molar-refractivity contribution in [3.05, 3.63) is 0 Å². The van der Waals surface area contributed by atoms with Crippen molar-refractivity contribution in [1.29, 1.82) is 0 Å². The number of amides is 1. The van der Waals surface area contributed by atoms with Gasteiger partial charge in [0.15, 0.2) is 0 Å². The Balaban J connectivity index is 0. The first-order valence-electron chi connectivity index (χ1n) is 5.92. The van der Waals surface area contributed by atoms with E-state index in [4.69, 9.17) is 0 Å². The van der Waals surface area contributed by atoms with Crippen LogP contribution >= 0.6 is 24.8 Å². The highest BCUT2D eigenvalue weighted by Gasteiger charge is 2.19. The van der Waals surface area contributed by atoms with E-state index in [2.05, 4.69) is 17.1 Å². The zero-order valence-electron chi connectivity index (χ0n) is 10.8. The molecule has 0 radical (unpaired) electrons. The lowest BCUT2D eigenvalue weighted by atomic mass is 10.2. The predicted molar refractivity (Wildman–Crippen MR) is 76.4 cm³/mol. The molecule has 1 N–H and O–H groups in total. The molecule has 0 spiro atoms. The Morgan fingerprint density at radius 2 is 1.76 bits per heavy atom. The summed E-state index contributed by atoms with van der Waals surface area (Å²) in [5, 5.41) is 3.06. The smallest absolute Gasteiger partial charge is 0.222 e. The first kappa shape index (κ1) is 19.3.